The minimum Gasteiger partial charge on any atom is -0.473 e. The zero-order valence-electron chi connectivity index (χ0n) is 22.8. The van der Waals surface area contributed by atoms with Crippen molar-refractivity contribution in [3.8, 4) is 23.4 Å². The molecule has 1 amide bonds. The van der Waals surface area contributed by atoms with Crippen LogP contribution in [-0.4, -0.2) is 78.8 Å². The fourth-order valence-electron chi connectivity index (χ4n) is 4.92. The third kappa shape index (κ3) is 6.14. The topological polar surface area (TPSA) is 160 Å². The smallest absolute Gasteiger partial charge is 0.268 e. The number of hydrogen-bond donors (Lipinski definition) is 2. The van der Waals surface area contributed by atoms with E-state index >= 15 is 4.39 Å². The van der Waals surface area contributed by atoms with Crippen LogP contribution >= 0.6 is 0 Å². The summed E-state index contributed by atoms with van der Waals surface area (Å²) in [6.07, 6.45) is 4.67. The molecule has 2 aliphatic rings. The average molecular weight is 607 g/mol. The van der Waals surface area contributed by atoms with Crippen LogP contribution in [0.2, 0.25) is 0 Å². The molecule has 6 rings (SSSR count). The summed E-state index contributed by atoms with van der Waals surface area (Å²) in [5.41, 5.74) is -1.19. The number of halogens is 1. The molecular formula is C29H27FN6O6S. The Bertz CT molecular complexity index is 1810. The van der Waals surface area contributed by atoms with E-state index in [2.05, 4.69) is 19.9 Å². The maximum atomic E-state index is 15.4. The van der Waals surface area contributed by atoms with Crippen molar-refractivity contribution in [3.05, 3.63) is 72.2 Å². The zero-order chi connectivity index (χ0) is 30.0. The van der Waals surface area contributed by atoms with Crippen LogP contribution < -0.4 is 14.2 Å². The Kier molecular flexibility index (Phi) is 7.70. The number of aromatic amines is 1. The van der Waals surface area contributed by atoms with E-state index in [1.807, 2.05) is 16.9 Å². The number of sulfonamides is 1. The number of alkyl halides is 1. The highest BCUT2D eigenvalue weighted by atomic mass is 32.2. The lowest BCUT2D eigenvalue weighted by molar-refractivity contribution is -0.0892. The molecule has 2 aliphatic heterocycles. The highest BCUT2D eigenvalue weighted by molar-refractivity contribution is 7.90. The second-order valence-electron chi connectivity index (χ2n) is 10.4. The van der Waals surface area contributed by atoms with Crippen molar-refractivity contribution >= 4 is 27.0 Å². The molecule has 0 spiro atoms. The highest BCUT2D eigenvalue weighted by Crippen LogP contribution is 2.31. The lowest BCUT2D eigenvalue weighted by Crippen LogP contribution is -2.55. The summed E-state index contributed by atoms with van der Waals surface area (Å²) < 4.78 is 60.2. The van der Waals surface area contributed by atoms with Gasteiger partial charge in [-0.3, -0.25) is 9.69 Å². The Morgan fingerprint density at radius 3 is 2.72 bits per heavy atom. The summed E-state index contributed by atoms with van der Waals surface area (Å²) >= 11 is 0. The van der Waals surface area contributed by atoms with E-state index in [1.165, 1.54) is 18.3 Å². The molecule has 0 saturated carbocycles. The Balaban J connectivity index is 1.12. The van der Waals surface area contributed by atoms with E-state index in [1.54, 1.807) is 24.4 Å². The number of amides is 1. The molecular weight excluding hydrogens is 579 g/mol. The Morgan fingerprint density at radius 2 is 1.98 bits per heavy atom. The van der Waals surface area contributed by atoms with Gasteiger partial charge in [0.1, 0.15) is 45.9 Å². The molecule has 43 heavy (non-hydrogen) atoms. The number of pyridine rings is 2. The SMILES string of the molecule is N#Cc1cc(S(=O)(=O)NC(=O)c2ccccc2Oc2cnc3[nH]ccc3c2)cnc1OCC1(F)CCN(C2COC2)CC1. The number of carbonyl (C=O) groups excluding carboxylic acids is 1. The van der Waals surface area contributed by atoms with Gasteiger partial charge in [0, 0.05) is 24.7 Å². The number of H-pyrrole nitrogens is 1. The average Bonchev–Trinajstić information content (AvgIpc) is 3.44. The number of fused-ring (bicyclic) bond motifs is 1. The van der Waals surface area contributed by atoms with E-state index < -0.39 is 26.5 Å². The highest BCUT2D eigenvalue weighted by Gasteiger charge is 2.39. The maximum absolute atomic E-state index is 15.4. The minimum absolute atomic E-state index is 0.0437. The van der Waals surface area contributed by atoms with Crippen molar-refractivity contribution in [1.29, 1.82) is 5.26 Å². The summed E-state index contributed by atoms with van der Waals surface area (Å²) in [7, 11) is -4.46. The lowest BCUT2D eigenvalue weighted by atomic mass is 9.93. The van der Waals surface area contributed by atoms with Gasteiger partial charge in [0.05, 0.1) is 37.2 Å². The number of nitrogens with zero attached hydrogens (tertiary/aromatic N) is 4. The number of para-hydroxylation sites is 1. The first kappa shape index (κ1) is 28.5. The van der Waals surface area contributed by atoms with Gasteiger partial charge < -0.3 is 19.2 Å². The predicted molar refractivity (Wildman–Crippen MR) is 151 cm³/mol. The Hall–Kier alpha value is -4.58. The molecule has 0 aliphatic carbocycles. The van der Waals surface area contributed by atoms with Gasteiger partial charge in [-0.15, -0.1) is 0 Å². The number of carbonyl (C=O) groups is 1. The number of nitriles is 1. The first-order valence-corrected chi connectivity index (χ1v) is 15.0. The summed E-state index contributed by atoms with van der Waals surface area (Å²) in [6.45, 7) is 2.12. The van der Waals surface area contributed by atoms with Gasteiger partial charge in [-0.25, -0.2) is 27.5 Å². The van der Waals surface area contributed by atoms with Crippen molar-refractivity contribution in [1.82, 2.24) is 24.6 Å². The third-order valence-corrected chi connectivity index (χ3v) is 8.81. The number of nitrogens with one attached hydrogen (secondary N) is 2. The lowest BCUT2D eigenvalue weighted by Gasteiger charge is -2.43. The van der Waals surface area contributed by atoms with Crippen molar-refractivity contribution < 1.29 is 31.8 Å². The summed E-state index contributed by atoms with van der Waals surface area (Å²) in [5.74, 6) is -0.684. The Morgan fingerprint density at radius 1 is 1.19 bits per heavy atom. The second-order valence-corrected chi connectivity index (χ2v) is 12.1. The fourth-order valence-corrected chi connectivity index (χ4v) is 5.86. The second kappa shape index (κ2) is 11.6. The molecule has 2 saturated heterocycles. The third-order valence-electron chi connectivity index (χ3n) is 7.52. The van der Waals surface area contributed by atoms with Crippen LogP contribution in [0.3, 0.4) is 0 Å². The zero-order valence-corrected chi connectivity index (χ0v) is 23.6. The molecule has 14 heteroatoms. The van der Waals surface area contributed by atoms with Gasteiger partial charge in [0.2, 0.25) is 5.88 Å². The number of aromatic nitrogens is 3. The van der Waals surface area contributed by atoms with Crippen LogP contribution in [-0.2, 0) is 14.8 Å². The monoisotopic (exact) mass is 606 g/mol. The largest absolute Gasteiger partial charge is 0.473 e. The van der Waals surface area contributed by atoms with Gasteiger partial charge >= 0.3 is 0 Å². The van der Waals surface area contributed by atoms with Gasteiger partial charge in [0.25, 0.3) is 15.9 Å². The molecule has 0 atom stereocenters. The van der Waals surface area contributed by atoms with Crippen LogP contribution in [0, 0.1) is 11.3 Å². The fraction of sp³-hybridized carbons (Fsp3) is 0.310. The van der Waals surface area contributed by atoms with Crippen molar-refractivity contribution in [2.75, 3.05) is 32.9 Å². The van der Waals surface area contributed by atoms with Gasteiger partial charge in [0.15, 0.2) is 0 Å². The van der Waals surface area contributed by atoms with Gasteiger partial charge in [-0.2, -0.15) is 5.26 Å². The van der Waals surface area contributed by atoms with E-state index in [0.29, 0.717) is 43.7 Å². The molecule has 222 valence electrons. The van der Waals surface area contributed by atoms with Crippen molar-refractivity contribution in [3.63, 3.8) is 0 Å². The maximum Gasteiger partial charge on any atom is 0.268 e. The molecule has 12 nitrogen and oxygen atoms in total. The molecule has 1 aromatic carbocycles. The van der Waals surface area contributed by atoms with Gasteiger partial charge in [-0.1, -0.05) is 12.1 Å². The van der Waals surface area contributed by atoms with Crippen LogP contribution in [0.25, 0.3) is 11.0 Å². The summed E-state index contributed by atoms with van der Waals surface area (Å²) in [4.78, 5) is 26.0. The van der Waals surface area contributed by atoms with Crippen LogP contribution in [0.1, 0.15) is 28.8 Å². The molecule has 4 aromatic rings. The van der Waals surface area contributed by atoms with Crippen molar-refractivity contribution in [2.24, 2.45) is 0 Å². The van der Waals surface area contributed by atoms with Gasteiger partial charge in [-0.05, 0) is 43.2 Å². The molecule has 0 bridgehead atoms. The molecule has 3 aromatic heterocycles. The van der Waals surface area contributed by atoms with E-state index in [4.69, 9.17) is 14.2 Å². The number of likely N-dealkylation sites (tertiary alicyclic amines) is 1. The van der Waals surface area contributed by atoms with E-state index in [9.17, 15) is 18.5 Å². The summed E-state index contributed by atoms with van der Waals surface area (Å²) in [6, 6.07) is 12.9. The number of benzene rings is 1. The predicted octanol–water partition coefficient (Wildman–Crippen LogP) is 3.32. The molecule has 2 N–H and O–H groups in total. The first-order valence-electron chi connectivity index (χ1n) is 13.5. The first-order chi connectivity index (χ1) is 20.7. The molecule has 2 fully saturated rings. The Labute approximate surface area is 246 Å². The van der Waals surface area contributed by atoms with Crippen LogP contribution in [0.5, 0.6) is 17.4 Å². The molecule has 0 radical (unpaired) electrons. The quantitative estimate of drug-likeness (QED) is 0.289. The van der Waals surface area contributed by atoms with Crippen LogP contribution in [0.15, 0.2) is 66.0 Å². The number of piperidine rings is 1. The summed E-state index contributed by atoms with van der Waals surface area (Å²) in [5, 5.41) is 10.4. The van der Waals surface area contributed by atoms with Crippen LogP contribution in [0.4, 0.5) is 4.39 Å². The number of rotatable bonds is 9. The van der Waals surface area contributed by atoms with E-state index in [-0.39, 0.29) is 42.2 Å². The number of ether oxygens (including phenoxy) is 3. The standard InChI is InChI=1S/C29H27FN6O6S/c30-29(6-9-36(10-7-29)21-16-40-17-21)18-41-28-20(13-31)12-23(15-34-28)43(38,39)35-27(37)24-3-1-2-4-25(24)42-22-11-19-5-8-32-26(19)33-14-22/h1-5,8,11-12,14-15,21H,6-7,9-10,16-18H2,(H,32,33)(H,35,37). The molecule has 5 heterocycles. The van der Waals surface area contributed by atoms with Crippen molar-refractivity contribution in [2.45, 2.75) is 29.4 Å². The van der Waals surface area contributed by atoms with E-state index in [0.717, 1.165) is 17.6 Å². The normalized spacial score (nSPS) is 17.1. The molecule has 0 unspecified atom stereocenters. The minimum atomic E-state index is -4.46. The number of hydrogen-bond acceptors (Lipinski definition) is 10.